The van der Waals surface area contributed by atoms with Crippen LogP contribution < -0.4 is 10.1 Å². The van der Waals surface area contributed by atoms with Gasteiger partial charge in [0.15, 0.2) is 0 Å². The number of nitrogens with one attached hydrogen (secondary N) is 1. The lowest BCUT2D eigenvalue weighted by molar-refractivity contribution is -0.114. The van der Waals surface area contributed by atoms with Gasteiger partial charge < -0.3 is 10.1 Å². The van der Waals surface area contributed by atoms with E-state index in [9.17, 15) is 13.2 Å². The molecule has 1 heterocycles. The third-order valence-electron chi connectivity index (χ3n) is 3.74. The van der Waals surface area contributed by atoms with Crippen molar-refractivity contribution in [1.29, 1.82) is 0 Å². The van der Waals surface area contributed by atoms with E-state index in [0.717, 1.165) is 12.8 Å². The molecule has 0 unspecified atom stereocenters. The molecule has 1 amide bonds. The summed E-state index contributed by atoms with van der Waals surface area (Å²) < 4.78 is 32.2. The van der Waals surface area contributed by atoms with Crippen molar-refractivity contribution in [1.82, 2.24) is 4.31 Å². The molecule has 0 bridgehead atoms. The molecule has 1 atom stereocenters. The monoisotopic (exact) mass is 326 g/mol. The zero-order valence-corrected chi connectivity index (χ0v) is 13.9. The van der Waals surface area contributed by atoms with E-state index in [1.54, 1.807) is 6.07 Å². The van der Waals surface area contributed by atoms with E-state index in [1.165, 1.54) is 30.5 Å². The molecule has 1 aromatic carbocycles. The molecule has 0 aliphatic carbocycles. The summed E-state index contributed by atoms with van der Waals surface area (Å²) in [4.78, 5) is 11.4. The number of piperidine rings is 1. The Morgan fingerprint density at radius 2 is 2.14 bits per heavy atom. The van der Waals surface area contributed by atoms with E-state index >= 15 is 0 Å². The molecule has 0 saturated carbocycles. The Kier molecular flexibility index (Phi) is 5.08. The van der Waals surface area contributed by atoms with Gasteiger partial charge in [-0.25, -0.2) is 8.42 Å². The van der Waals surface area contributed by atoms with E-state index < -0.39 is 10.0 Å². The second-order valence-electron chi connectivity index (χ2n) is 5.65. The average Bonchev–Trinajstić information content (AvgIpc) is 2.46. The van der Waals surface area contributed by atoms with Crippen molar-refractivity contribution in [2.75, 3.05) is 25.5 Å². The highest BCUT2D eigenvalue weighted by Crippen LogP contribution is 2.30. The van der Waals surface area contributed by atoms with Crippen molar-refractivity contribution in [3.05, 3.63) is 18.2 Å². The van der Waals surface area contributed by atoms with Crippen molar-refractivity contribution in [2.24, 2.45) is 5.92 Å². The predicted octanol–water partition coefficient (Wildman–Crippen LogP) is 2.07. The minimum Gasteiger partial charge on any atom is -0.495 e. The summed E-state index contributed by atoms with van der Waals surface area (Å²) in [7, 11) is -2.08. The van der Waals surface area contributed by atoms with Gasteiger partial charge in [-0.1, -0.05) is 6.92 Å². The van der Waals surface area contributed by atoms with E-state index in [4.69, 9.17) is 4.74 Å². The molecule has 7 heteroatoms. The topological polar surface area (TPSA) is 75.7 Å². The zero-order valence-electron chi connectivity index (χ0n) is 13.1. The third kappa shape index (κ3) is 3.59. The lowest BCUT2D eigenvalue weighted by Gasteiger charge is -2.30. The minimum absolute atomic E-state index is 0.172. The minimum atomic E-state index is -3.55. The highest BCUT2D eigenvalue weighted by atomic mass is 32.2. The highest BCUT2D eigenvalue weighted by Gasteiger charge is 2.29. The number of hydrogen-bond donors (Lipinski definition) is 1. The largest absolute Gasteiger partial charge is 0.495 e. The maximum atomic E-state index is 12.7. The second-order valence-corrected chi connectivity index (χ2v) is 7.59. The van der Waals surface area contributed by atoms with Gasteiger partial charge in [0.2, 0.25) is 15.9 Å². The molecule has 2 rings (SSSR count). The molecule has 1 aliphatic rings. The average molecular weight is 326 g/mol. The summed E-state index contributed by atoms with van der Waals surface area (Å²) in [5.74, 6) is 0.511. The molecule has 6 nitrogen and oxygen atoms in total. The lowest BCUT2D eigenvalue weighted by atomic mass is 10.0. The third-order valence-corrected chi connectivity index (χ3v) is 5.60. The molecule has 22 heavy (non-hydrogen) atoms. The first-order valence-corrected chi connectivity index (χ1v) is 8.74. The Morgan fingerprint density at radius 1 is 1.41 bits per heavy atom. The number of benzene rings is 1. The Balaban J connectivity index is 2.36. The number of anilines is 1. The van der Waals surface area contributed by atoms with Crippen molar-refractivity contribution >= 4 is 21.6 Å². The fourth-order valence-electron chi connectivity index (χ4n) is 2.65. The molecule has 0 aromatic heterocycles. The molecule has 122 valence electrons. The molecule has 1 fully saturated rings. The smallest absolute Gasteiger partial charge is 0.243 e. The first-order valence-electron chi connectivity index (χ1n) is 7.30. The normalized spacial score (nSPS) is 19.7. The molecular formula is C15H22N2O4S. The van der Waals surface area contributed by atoms with Gasteiger partial charge in [0.1, 0.15) is 5.75 Å². The van der Waals surface area contributed by atoms with Gasteiger partial charge in [-0.15, -0.1) is 0 Å². The predicted molar refractivity (Wildman–Crippen MR) is 84.5 cm³/mol. The summed E-state index contributed by atoms with van der Waals surface area (Å²) in [5.41, 5.74) is 0.362. The van der Waals surface area contributed by atoms with Gasteiger partial charge >= 0.3 is 0 Å². The summed E-state index contributed by atoms with van der Waals surface area (Å²) in [6.45, 7) is 4.49. The molecule has 1 aliphatic heterocycles. The van der Waals surface area contributed by atoms with Crippen molar-refractivity contribution in [2.45, 2.75) is 31.6 Å². The fourth-order valence-corrected chi connectivity index (χ4v) is 4.27. The highest BCUT2D eigenvalue weighted by molar-refractivity contribution is 7.89. The molecule has 0 spiro atoms. The van der Waals surface area contributed by atoms with Crippen LogP contribution in [0.2, 0.25) is 0 Å². The Labute approximate surface area is 131 Å². The first kappa shape index (κ1) is 16.8. The van der Waals surface area contributed by atoms with Crippen LogP contribution in [0.25, 0.3) is 0 Å². The van der Waals surface area contributed by atoms with Gasteiger partial charge in [-0.05, 0) is 37.0 Å². The second kappa shape index (κ2) is 6.66. The van der Waals surface area contributed by atoms with Crippen LogP contribution >= 0.6 is 0 Å². The van der Waals surface area contributed by atoms with Crippen LogP contribution in [0.3, 0.4) is 0 Å². The summed E-state index contributed by atoms with van der Waals surface area (Å²) in [6.07, 6.45) is 1.92. The molecule has 1 aromatic rings. The van der Waals surface area contributed by atoms with Crippen LogP contribution in [-0.4, -0.2) is 38.8 Å². The van der Waals surface area contributed by atoms with Crippen LogP contribution in [0.5, 0.6) is 5.75 Å². The molecule has 1 N–H and O–H groups in total. The summed E-state index contributed by atoms with van der Waals surface area (Å²) in [5, 5.41) is 2.60. The van der Waals surface area contributed by atoms with E-state index in [0.29, 0.717) is 30.4 Å². The van der Waals surface area contributed by atoms with Gasteiger partial charge in [0, 0.05) is 20.0 Å². The summed E-state index contributed by atoms with van der Waals surface area (Å²) in [6, 6.07) is 4.53. The van der Waals surface area contributed by atoms with Crippen molar-refractivity contribution in [3.8, 4) is 5.75 Å². The van der Waals surface area contributed by atoms with Crippen LogP contribution in [-0.2, 0) is 14.8 Å². The maximum Gasteiger partial charge on any atom is 0.243 e. The number of sulfonamides is 1. The fraction of sp³-hybridized carbons (Fsp3) is 0.533. The van der Waals surface area contributed by atoms with Crippen molar-refractivity contribution in [3.63, 3.8) is 0 Å². The number of nitrogens with zero attached hydrogens (tertiary/aromatic N) is 1. The standard InChI is InChI=1S/C15H22N2O4S/c1-11-5-4-8-17(10-11)22(19,20)13-6-7-15(21-3)14(9-13)16-12(2)18/h6-7,9,11H,4-5,8,10H2,1-3H3,(H,16,18)/t11-/m0/s1. The van der Waals surface area contributed by atoms with Gasteiger partial charge in [0.05, 0.1) is 17.7 Å². The van der Waals surface area contributed by atoms with Gasteiger partial charge in [0.25, 0.3) is 0 Å². The van der Waals surface area contributed by atoms with Crippen LogP contribution in [0.15, 0.2) is 23.1 Å². The molecule has 0 radical (unpaired) electrons. The van der Waals surface area contributed by atoms with E-state index in [-0.39, 0.29) is 10.8 Å². The Bertz CT molecular complexity index is 658. The zero-order chi connectivity index (χ0) is 16.3. The Morgan fingerprint density at radius 3 is 2.73 bits per heavy atom. The number of carbonyl (C=O) groups excluding carboxylic acids is 1. The number of rotatable bonds is 4. The van der Waals surface area contributed by atoms with Crippen molar-refractivity contribution < 1.29 is 17.9 Å². The SMILES string of the molecule is COc1ccc(S(=O)(=O)N2CCC[C@H](C)C2)cc1NC(C)=O. The summed E-state index contributed by atoms with van der Waals surface area (Å²) >= 11 is 0. The number of methoxy groups -OCH3 is 1. The van der Waals surface area contributed by atoms with Crippen LogP contribution in [0, 0.1) is 5.92 Å². The van der Waals surface area contributed by atoms with Crippen LogP contribution in [0.4, 0.5) is 5.69 Å². The van der Waals surface area contributed by atoms with E-state index in [1.807, 2.05) is 0 Å². The number of hydrogen-bond acceptors (Lipinski definition) is 4. The van der Waals surface area contributed by atoms with Crippen LogP contribution in [0.1, 0.15) is 26.7 Å². The van der Waals surface area contributed by atoms with Gasteiger partial charge in [-0.3, -0.25) is 4.79 Å². The van der Waals surface area contributed by atoms with E-state index in [2.05, 4.69) is 12.2 Å². The number of carbonyl (C=O) groups is 1. The molecular weight excluding hydrogens is 304 g/mol. The lowest BCUT2D eigenvalue weighted by Crippen LogP contribution is -2.39. The number of amides is 1. The molecule has 1 saturated heterocycles. The quantitative estimate of drug-likeness (QED) is 0.919. The maximum absolute atomic E-state index is 12.7. The number of ether oxygens (including phenoxy) is 1. The van der Waals surface area contributed by atoms with Gasteiger partial charge in [-0.2, -0.15) is 4.31 Å². The first-order chi connectivity index (χ1) is 10.3. The Hall–Kier alpha value is -1.60.